The van der Waals surface area contributed by atoms with Crippen LogP contribution in [0.2, 0.25) is 0 Å². The molecule has 0 fully saturated rings. The van der Waals surface area contributed by atoms with Crippen LogP contribution in [-0.4, -0.2) is 18.2 Å². The SMILES string of the molecule is Cc1cc(OCC(=O)OC(C)(C)C)cc(C)c1[S+](c1ccccc1)c1ccccc1. The zero-order valence-corrected chi connectivity index (χ0v) is 19.1. The fourth-order valence-electron chi connectivity index (χ4n) is 3.31. The van der Waals surface area contributed by atoms with Gasteiger partial charge < -0.3 is 9.47 Å². The van der Waals surface area contributed by atoms with Crippen molar-refractivity contribution >= 4 is 16.9 Å². The van der Waals surface area contributed by atoms with Crippen molar-refractivity contribution in [3.05, 3.63) is 83.9 Å². The number of aryl methyl sites for hydroxylation is 2. The fraction of sp³-hybridized carbons (Fsp3) is 0.269. The van der Waals surface area contributed by atoms with Crippen molar-refractivity contribution in [2.24, 2.45) is 0 Å². The number of hydrogen-bond donors (Lipinski definition) is 0. The molecule has 0 spiro atoms. The van der Waals surface area contributed by atoms with Gasteiger partial charge in [0.1, 0.15) is 11.4 Å². The van der Waals surface area contributed by atoms with E-state index in [0.29, 0.717) is 5.75 Å². The lowest BCUT2D eigenvalue weighted by Crippen LogP contribution is -2.27. The molecule has 30 heavy (non-hydrogen) atoms. The van der Waals surface area contributed by atoms with Crippen LogP contribution in [0.25, 0.3) is 0 Å². The first-order chi connectivity index (χ1) is 14.2. The quantitative estimate of drug-likeness (QED) is 0.355. The molecule has 3 rings (SSSR count). The van der Waals surface area contributed by atoms with E-state index in [-0.39, 0.29) is 23.5 Å². The van der Waals surface area contributed by atoms with Crippen LogP contribution in [0.5, 0.6) is 5.75 Å². The zero-order chi connectivity index (χ0) is 21.7. The highest BCUT2D eigenvalue weighted by Gasteiger charge is 2.32. The molecule has 0 aliphatic heterocycles. The first-order valence-corrected chi connectivity index (χ1v) is 11.3. The molecular weight excluding hydrogens is 392 g/mol. The summed E-state index contributed by atoms with van der Waals surface area (Å²) in [7, 11) is -0.219. The molecule has 0 bridgehead atoms. The van der Waals surface area contributed by atoms with E-state index in [4.69, 9.17) is 9.47 Å². The summed E-state index contributed by atoms with van der Waals surface area (Å²) in [6.07, 6.45) is 0. The Bertz CT molecular complexity index is 929. The van der Waals surface area contributed by atoms with Gasteiger partial charge in [-0.1, -0.05) is 36.4 Å². The largest absolute Gasteiger partial charge is 0.482 e. The molecular formula is C26H29O3S+. The van der Waals surface area contributed by atoms with Gasteiger partial charge in [-0.05, 0) is 71.0 Å². The highest BCUT2D eigenvalue weighted by Crippen LogP contribution is 2.36. The number of carbonyl (C=O) groups is 1. The molecule has 0 aliphatic rings. The van der Waals surface area contributed by atoms with Gasteiger partial charge in [0.2, 0.25) is 0 Å². The van der Waals surface area contributed by atoms with Gasteiger partial charge in [-0.2, -0.15) is 0 Å². The van der Waals surface area contributed by atoms with E-state index in [1.54, 1.807) is 0 Å². The summed E-state index contributed by atoms with van der Waals surface area (Å²) < 4.78 is 11.1. The molecule has 0 heterocycles. The lowest BCUT2D eigenvalue weighted by atomic mass is 10.1. The molecule has 0 amide bonds. The Morgan fingerprint density at radius 3 is 1.73 bits per heavy atom. The van der Waals surface area contributed by atoms with Crippen molar-refractivity contribution in [2.45, 2.75) is 54.9 Å². The number of hydrogen-bond acceptors (Lipinski definition) is 3. The summed E-state index contributed by atoms with van der Waals surface area (Å²) >= 11 is 0. The second-order valence-corrected chi connectivity index (χ2v) is 10.2. The standard InChI is InChI=1S/C26H29O3S/c1-19-16-21(28-18-24(27)29-26(3,4)5)17-20(2)25(19)30(22-12-8-6-9-13-22)23-14-10-7-11-15-23/h6-17H,18H2,1-5H3/q+1. The van der Waals surface area contributed by atoms with Crippen molar-refractivity contribution in [2.75, 3.05) is 6.61 Å². The van der Waals surface area contributed by atoms with Crippen LogP contribution in [-0.2, 0) is 20.4 Å². The van der Waals surface area contributed by atoms with Crippen molar-refractivity contribution in [1.82, 2.24) is 0 Å². The molecule has 0 saturated carbocycles. The molecule has 0 aliphatic carbocycles. The lowest BCUT2D eigenvalue weighted by Gasteiger charge is -2.19. The minimum atomic E-state index is -0.518. The molecule has 0 radical (unpaired) electrons. The Kier molecular flexibility index (Phi) is 6.88. The van der Waals surface area contributed by atoms with Gasteiger partial charge in [-0.3, -0.25) is 0 Å². The first-order valence-electron chi connectivity index (χ1n) is 10.0. The van der Waals surface area contributed by atoms with Crippen LogP contribution in [0.1, 0.15) is 31.9 Å². The summed E-state index contributed by atoms with van der Waals surface area (Å²) in [6.45, 7) is 9.66. The van der Waals surface area contributed by atoms with E-state index in [2.05, 4.69) is 62.4 Å². The Morgan fingerprint density at radius 2 is 1.30 bits per heavy atom. The molecule has 0 saturated heterocycles. The molecule has 3 aromatic rings. The minimum Gasteiger partial charge on any atom is -0.482 e. The van der Waals surface area contributed by atoms with Gasteiger partial charge in [0, 0.05) is 11.1 Å². The normalized spacial score (nSPS) is 11.4. The second-order valence-electron chi connectivity index (χ2n) is 8.19. The van der Waals surface area contributed by atoms with E-state index in [9.17, 15) is 4.79 Å². The lowest BCUT2D eigenvalue weighted by molar-refractivity contribution is -0.157. The Hall–Kier alpha value is -2.72. The first kappa shape index (κ1) is 22.0. The van der Waals surface area contributed by atoms with Crippen LogP contribution in [0, 0.1) is 13.8 Å². The number of ether oxygens (including phenoxy) is 2. The minimum absolute atomic E-state index is 0.0986. The van der Waals surface area contributed by atoms with Gasteiger partial charge in [-0.25, -0.2) is 4.79 Å². The van der Waals surface area contributed by atoms with Gasteiger partial charge in [-0.15, -0.1) is 0 Å². The van der Waals surface area contributed by atoms with Crippen molar-refractivity contribution in [1.29, 1.82) is 0 Å². The summed E-state index contributed by atoms with van der Waals surface area (Å²) in [6, 6.07) is 25.2. The monoisotopic (exact) mass is 421 g/mol. The average Bonchev–Trinajstić information content (AvgIpc) is 2.69. The van der Waals surface area contributed by atoms with E-state index in [0.717, 1.165) is 11.1 Å². The number of esters is 1. The average molecular weight is 422 g/mol. The van der Waals surface area contributed by atoms with Gasteiger partial charge in [0.15, 0.2) is 21.3 Å². The molecule has 0 aromatic heterocycles. The number of carbonyl (C=O) groups excluding carboxylic acids is 1. The van der Waals surface area contributed by atoms with Crippen LogP contribution in [0.15, 0.2) is 87.5 Å². The topological polar surface area (TPSA) is 35.5 Å². The maximum atomic E-state index is 12.0. The van der Waals surface area contributed by atoms with Crippen molar-refractivity contribution in [3.63, 3.8) is 0 Å². The Morgan fingerprint density at radius 1 is 0.833 bits per heavy atom. The van der Waals surface area contributed by atoms with Crippen LogP contribution < -0.4 is 4.74 Å². The molecule has 0 unspecified atom stereocenters. The number of rotatable bonds is 6. The van der Waals surface area contributed by atoms with Crippen LogP contribution in [0.3, 0.4) is 0 Å². The van der Waals surface area contributed by atoms with Gasteiger partial charge in [0.25, 0.3) is 0 Å². The van der Waals surface area contributed by atoms with E-state index >= 15 is 0 Å². The summed E-state index contributed by atoms with van der Waals surface area (Å²) in [5, 5.41) is 0. The summed E-state index contributed by atoms with van der Waals surface area (Å²) in [4.78, 5) is 15.8. The molecule has 0 atom stereocenters. The fourth-order valence-corrected chi connectivity index (χ4v) is 5.68. The zero-order valence-electron chi connectivity index (χ0n) is 18.3. The second kappa shape index (κ2) is 9.40. The smallest absolute Gasteiger partial charge is 0.344 e. The Balaban J connectivity index is 1.92. The summed E-state index contributed by atoms with van der Waals surface area (Å²) in [5.41, 5.74) is 1.77. The molecule has 3 aromatic carbocycles. The number of benzene rings is 3. The molecule has 0 N–H and O–H groups in total. The maximum absolute atomic E-state index is 12.0. The molecule has 156 valence electrons. The van der Waals surface area contributed by atoms with Crippen molar-refractivity contribution < 1.29 is 14.3 Å². The van der Waals surface area contributed by atoms with Gasteiger partial charge >= 0.3 is 5.97 Å². The maximum Gasteiger partial charge on any atom is 0.344 e. The van der Waals surface area contributed by atoms with Crippen LogP contribution in [0.4, 0.5) is 0 Å². The third kappa shape index (κ3) is 5.67. The molecule has 3 nitrogen and oxygen atoms in total. The predicted octanol–water partition coefficient (Wildman–Crippen LogP) is 6.12. The summed E-state index contributed by atoms with van der Waals surface area (Å²) in [5.74, 6) is 0.319. The van der Waals surface area contributed by atoms with E-state index in [1.165, 1.54) is 14.7 Å². The van der Waals surface area contributed by atoms with Crippen molar-refractivity contribution in [3.8, 4) is 5.75 Å². The Labute approximate surface area is 182 Å². The molecule has 4 heteroatoms. The third-order valence-corrected chi connectivity index (χ3v) is 6.91. The van der Waals surface area contributed by atoms with E-state index in [1.807, 2.05) is 45.0 Å². The third-order valence-electron chi connectivity index (χ3n) is 4.37. The highest BCUT2D eigenvalue weighted by molar-refractivity contribution is 7.97. The van der Waals surface area contributed by atoms with E-state index < -0.39 is 5.60 Å². The predicted molar refractivity (Wildman–Crippen MR) is 122 cm³/mol. The van der Waals surface area contributed by atoms with Crippen LogP contribution >= 0.6 is 0 Å². The van der Waals surface area contributed by atoms with Gasteiger partial charge in [0.05, 0.1) is 10.9 Å². The highest BCUT2D eigenvalue weighted by atomic mass is 32.2.